The van der Waals surface area contributed by atoms with E-state index in [1.807, 2.05) is 6.20 Å². The number of benzene rings is 6. The molecule has 304 valence electrons. The summed E-state index contributed by atoms with van der Waals surface area (Å²) in [5.41, 5.74) is 24.2. The minimum absolute atomic E-state index is 0.0226. The van der Waals surface area contributed by atoms with E-state index in [1.54, 1.807) is 0 Å². The molecule has 0 bridgehead atoms. The molecule has 0 radical (unpaired) electrons. The van der Waals surface area contributed by atoms with Crippen LogP contribution >= 0.6 is 0 Å². The first kappa shape index (κ1) is 38.9. The molecule has 8 aromatic rings. The summed E-state index contributed by atoms with van der Waals surface area (Å²) in [6.07, 6.45) is 1.95. The number of nitrogens with zero attached hydrogens (tertiary/aromatic N) is 4. The maximum absolute atomic E-state index is 6.04. The van der Waals surface area contributed by atoms with Crippen molar-refractivity contribution in [2.24, 2.45) is 4.99 Å². The first-order chi connectivity index (χ1) is 29.0. The van der Waals surface area contributed by atoms with Crippen molar-refractivity contribution in [2.45, 2.75) is 100 Å². The zero-order valence-corrected chi connectivity index (χ0v) is 37.8. The molecule has 2 aliphatic rings. The van der Waals surface area contributed by atoms with Crippen LogP contribution in [0.4, 0.5) is 5.69 Å². The molecular weight excluding hydrogens is 741 g/mol. The van der Waals surface area contributed by atoms with Gasteiger partial charge < -0.3 is 9.47 Å². The molecule has 0 unspecified atom stereocenters. The molecule has 0 saturated heterocycles. The maximum Gasteiger partial charge on any atom is 0.137 e. The monoisotopic (exact) mass is 796 g/mol. The second kappa shape index (κ2) is 13.6. The van der Waals surface area contributed by atoms with Gasteiger partial charge in [0, 0.05) is 39.5 Å². The molecule has 1 aliphatic heterocycles. The first-order valence-corrected chi connectivity index (χ1v) is 21.8. The Morgan fingerprint density at radius 2 is 1.21 bits per heavy atom. The average Bonchev–Trinajstić information content (AvgIpc) is 3.70. The Kier molecular flexibility index (Phi) is 8.69. The summed E-state index contributed by atoms with van der Waals surface area (Å²) in [4.78, 5) is 13.6. The fourth-order valence-electron chi connectivity index (χ4n) is 11.0. The number of anilines is 1. The van der Waals surface area contributed by atoms with Crippen LogP contribution in [0.25, 0.3) is 49.9 Å². The fraction of sp³-hybridized carbons (Fsp3) is 0.263. The third-order valence-corrected chi connectivity index (χ3v) is 13.6. The number of aliphatic imine (C=N–C) groups is 1. The molecule has 0 fully saturated rings. The third kappa shape index (κ3) is 5.93. The number of hydrogen-bond donors (Lipinski definition) is 0. The Bertz CT molecular complexity index is 3160. The van der Waals surface area contributed by atoms with E-state index in [1.165, 1.54) is 94.3 Å². The van der Waals surface area contributed by atoms with Gasteiger partial charge in [0.1, 0.15) is 11.4 Å². The summed E-state index contributed by atoms with van der Waals surface area (Å²) in [7, 11) is 0. The van der Waals surface area contributed by atoms with Crippen molar-refractivity contribution in [3.8, 4) is 28.1 Å². The van der Waals surface area contributed by atoms with E-state index in [0.717, 1.165) is 33.9 Å². The summed E-state index contributed by atoms with van der Waals surface area (Å²) < 4.78 is 2.47. The van der Waals surface area contributed by atoms with Crippen LogP contribution in [-0.4, -0.2) is 15.4 Å². The first-order valence-electron chi connectivity index (χ1n) is 21.8. The lowest BCUT2D eigenvalue weighted by molar-refractivity contribution is 0.423. The van der Waals surface area contributed by atoms with E-state index in [-0.39, 0.29) is 11.5 Å². The van der Waals surface area contributed by atoms with Gasteiger partial charge in [-0.2, -0.15) is 0 Å². The van der Waals surface area contributed by atoms with Gasteiger partial charge in [0.05, 0.1) is 22.8 Å². The predicted octanol–water partition coefficient (Wildman–Crippen LogP) is 14.5. The number of pyridine rings is 1. The van der Waals surface area contributed by atoms with E-state index < -0.39 is 5.54 Å². The lowest BCUT2D eigenvalue weighted by Crippen LogP contribution is -2.41. The van der Waals surface area contributed by atoms with Gasteiger partial charge in [-0.15, -0.1) is 0 Å². The Hall–Kier alpha value is -6.26. The zero-order valence-electron chi connectivity index (χ0n) is 37.8. The molecule has 1 aliphatic carbocycles. The average molecular weight is 797 g/mol. The number of rotatable bonds is 4. The Balaban J connectivity index is 1.25. The number of fused-ring (bicyclic) bond motifs is 9. The van der Waals surface area contributed by atoms with Crippen molar-refractivity contribution in [3.05, 3.63) is 182 Å². The van der Waals surface area contributed by atoms with Gasteiger partial charge in [-0.25, -0.2) is 0 Å². The minimum Gasteiger partial charge on any atom is -0.315 e. The van der Waals surface area contributed by atoms with E-state index in [4.69, 9.17) is 9.98 Å². The van der Waals surface area contributed by atoms with Crippen LogP contribution < -0.4 is 4.90 Å². The minimum atomic E-state index is -0.556. The van der Waals surface area contributed by atoms with Gasteiger partial charge >= 0.3 is 0 Å². The lowest BCUT2D eigenvalue weighted by Gasteiger charge is -2.44. The SMILES string of the molecule is Cc1cc(C)c(N2C(c3ccc(C)c(-n4c5ccccc5c5ccc(-c6cc(C(C)(C)C)ccn6)cc54)c3)=N[C@]3(C)c4cc(C)cc(C)c4-c4c(C)cc(C)cc4[C@H]23)c(C)c1. The van der Waals surface area contributed by atoms with Gasteiger partial charge in [-0.1, -0.05) is 116 Å². The van der Waals surface area contributed by atoms with Gasteiger partial charge in [0.15, 0.2) is 0 Å². The lowest BCUT2D eigenvalue weighted by atomic mass is 9.68. The molecule has 10 rings (SSSR count). The van der Waals surface area contributed by atoms with Crippen molar-refractivity contribution >= 4 is 33.3 Å². The molecule has 0 saturated carbocycles. The highest BCUT2D eigenvalue weighted by Crippen LogP contribution is 2.59. The fourth-order valence-corrected chi connectivity index (χ4v) is 11.0. The molecule has 2 atom stereocenters. The Morgan fingerprint density at radius 1 is 0.574 bits per heavy atom. The molecule has 3 heterocycles. The van der Waals surface area contributed by atoms with Crippen LogP contribution in [0, 0.1) is 55.4 Å². The van der Waals surface area contributed by atoms with Crippen molar-refractivity contribution in [1.29, 1.82) is 0 Å². The maximum atomic E-state index is 6.04. The van der Waals surface area contributed by atoms with Crippen molar-refractivity contribution in [3.63, 3.8) is 0 Å². The highest BCUT2D eigenvalue weighted by atomic mass is 15.3. The van der Waals surface area contributed by atoms with Crippen LogP contribution in [0.5, 0.6) is 0 Å². The van der Waals surface area contributed by atoms with E-state index >= 15 is 0 Å². The number of aromatic nitrogens is 2. The standard InChI is InChI=1S/C57H56N4/c1-32-25-38(7)53(39(8)26-32)61-54-45-27-33(2)23-36(5)51(45)52-37(6)24-34(3)28-46(52)57(54,12)59-55(61)41-18-17-35(4)49(30-41)60-48-16-14-13-15-43(48)44-20-19-40(29-50(44)60)47-31-42(21-22-58-47)56(9,10)11/h13-31,54H,1-12H3/t54-,57+/m0/s1. The highest BCUT2D eigenvalue weighted by molar-refractivity contribution is 6.15. The largest absolute Gasteiger partial charge is 0.315 e. The second-order valence-electron chi connectivity index (χ2n) is 19.4. The quantitative estimate of drug-likeness (QED) is 0.178. The van der Waals surface area contributed by atoms with Gasteiger partial charge in [-0.05, 0) is 154 Å². The van der Waals surface area contributed by atoms with Crippen molar-refractivity contribution in [1.82, 2.24) is 9.55 Å². The molecule has 0 spiro atoms. The predicted molar refractivity (Wildman–Crippen MR) is 258 cm³/mol. The Morgan fingerprint density at radius 3 is 1.95 bits per heavy atom. The molecule has 0 amide bonds. The second-order valence-corrected chi connectivity index (χ2v) is 19.4. The number of amidine groups is 1. The van der Waals surface area contributed by atoms with Gasteiger partial charge in [0.25, 0.3) is 0 Å². The van der Waals surface area contributed by atoms with Crippen LogP contribution in [0.2, 0.25) is 0 Å². The number of aryl methyl sites for hydroxylation is 8. The van der Waals surface area contributed by atoms with E-state index in [0.29, 0.717) is 0 Å². The van der Waals surface area contributed by atoms with Crippen LogP contribution in [0.1, 0.15) is 100 Å². The highest BCUT2D eigenvalue weighted by Gasteiger charge is 2.53. The molecule has 2 aromatic heterocycles. The van der Waals surface area contributed by atoms with Crippen LogP contribution in [0.15, 0.2) is 120 Å². The molecule has 0 N–H and O–H groups in total. The summed E-state index contributed by atoms with van der Waals surface area (Å²) >= 11 is 0. The summed E-state index contributed by atoms with van der Waals surface area (Å²) in [5.74, 6) is 1.01. The smallest absolute Gasteiger partial charge is 0.137 e. The molecule has 4 heteroatoms. The number of para-hydroxylation sites is 1. The molecule has 4 nitrogen and oxygen atoms in total. The normalized spacial score (nSPS) is 17.1. The van der Waals surface area contributed by atoms with E-state index in [9.17, 15) is 0 Å². The molecular formula is C57H56N4. The summed E-state index contributed by atoms with van der Waals surface area (Å²) in [6.45, 7) is 27.2. The van der Waals surface area contributed by atoms with Crippen molar-refractivity contribution in [2.75, 3.05) is 4.90 Å². The molecule has 61 heavy (non-hydrogen) atoms. The van der Waals surface area contributed by atoms with Gasteiger partial charge in [0.2, 0.25) is 0 Å². The topological polar surface area (TPSA) is 33.4 Å². The number of hydrogen-bond acceptors (Lipinski definition) is 3. The van der Waals surface area contributed by atoms with E-state index in [2.05, 4.69) is 202 Å². The van der Waals surface area contributed by atoms with Crippen molar-refractivity contribution < 1.29 is 0 Å². The molecule has 6 aromatic carbocycles. The van der Waals surface area contributed by atoms with Crippen LogP contribution in [-0.2, 0) is 11.0 Å². The zero-order chi connectivity index (χ0) is 42.9. The summed E-state index contributed by atoms with van der Waals surface area (Å²) in [6, 6.07) is 41.3. The third-order valence-electron chi connectivity index (χ3n) is 13.6. The summed E-state index contributed by atoms with van der Waals surface area (Å²) in [5, 5.41) is 2.46. The van der Waals surface area contributed by atoms with Crippen LogP contribution in [0.3, 0.4) is 0 Å². The van der Waals surface area contributed by atoms with Gasteiger partial charge in [-0.3, -0.25) is 9.98 Å². The Labute approximate surface area is 361 Å².